The molecule has 6 aromatic rings. The van der Waals surface area contributed by atoms with Crippen LogP contribution in [0.15, 0.2) is 109 Å². The minimum Gasteiger partial charge on any atom is -0.508 e. The number of nitrogens with one attached hydrogen (secondary N) is 2. The Labute approximate surface area is 610 Å². The topological polar surface area (TPSA) is 347 Å². The number of nitrogens with zero attached hydrogens (tertiary/aromatic N) is 10. The molecule has 0 saturated carbocycles. The molecule has 2 unspecified atom stereocenters. The Morgan fingerprint density at radius 1 is 0.534 bits per heavy atom. The van der Waals surface area contributed by atoms with Gasteiger partial charge in [0.05, 0.1) is 17.8 Å². The Hall–Kier alpha value is -8.54. The molecule has 9 N–H and O–H groups in total. The molecule has 0 radical (unpaired) electrons. The zero-order valence-electron chi connectivity index (χ0n) is 58.0. The first-order valence-electron chi connectivity index (χ1n) is 32.6. The van der Waals surface area contributed by atoms with Crippen molar-refractivity contribution in [3.63, 3.8) is 0 Å². The number of ether oxygens (including phenoxy) is 4. The Balaban J connectivity index is 0.000000294. The van der Waals surface area contributed by atoms with Gasteiger partial charge in [0.15, 0.2) is 19.0 Å². The van der Waals surface area contributed by atoms with Crippen molar-refractivity contribution in [1.82, 2.24) is 49.5 Å². The van der Waals surface area contributed by atoms with Crippen LogP contribution in [0.3, 0.4) is 0 Å². The van der Waals surface area contributed by atoms with Gasteiger partial charge in [-0.1, -0.05) is 105 Å². The summed E-state index contributed by atoms with van der Waals surface area (Å²) in [7, 11) is 0. The second-order valence-electron chi connectivity index (χ2n) is 25.4. The first kappa shape index (κ1) is 85.1. The minimum atomic E-state index is -4.58. The number of ketones is 1. The van der Waals surface area contributed by atoms with Gasteiger partial charge in [-0.15, -0.1) is 0 Å². The second kappa shape index (κ2) is 41.7. The summed E-state index contributed by atoms with van der Waals surface area (Å²) in [5.74, 6) is -0.693. The molecule has 2 atom stereocenters. The van der Waals surface area contributed by atoms with Crippen LogP contribution < -0.4 is 25.8 Å². The van der Waals surface area contributed by atoms with Gasteiger partial charge in [0, 0.05) is 121 Å². The minimum absolute atomic E-state index is 0.0115. The number of phenolic OH excluding ortho intramolecular Hbond substituents is 2. The summed E-state index contributed by atoms with van der Waals surface area (Å²) in [6.07, 6.45) is -6.18. The quantitative estimate of drug-likeness (QED) is 0.0108. The maximum atomic E-state index is 12.8. The zero-order chi connectivity index (χ0) is 75.9. The number of carbonyl (C=O) groups is 4. The van der Waals surface area contributed by atoms with Crippen LogP contribution in [0.1, 0.15) is 109 Å². The third-order valence-electron chi connectivity index (χ3n) is 14.3. The molecule has 8 rings (SSSR count). The maximum Gasteiger partial charge on any atom is 0.422 e. The Morgan fingerprint density at radius 3 is 1.23 bits per heavy atom. The van der Waals surface area contributed by atoms with Crippen LogP contribution in [0.5, 0.6) is 23.5 Å². The van der Waals surface area contributed by atoms with E-state index in [1.165, 1.54) is 36.4 Å². The lowest BCUT2D eigenvalue weighted by Gasteiger charge is -2.36. The third kappa shape index (κ3) is 35.0. The van der Waals surface area contributed by atoms with Crippen molar-refractivity contribution in [2.24, 2.45) is 5.73 Å². The van der Waals surface area contributed by atoms with Crippen LogP contribution in [0.4, 0.5) is 47.8 Å². The van der Waals surface area contributed by atoms with Crippen molar-refractivity contribution < 1.29 is 90.0 Å². The molecule has 4 heterocycles. The number of rotatable bonds is 26. The van der Waals surface area contributed by atoms with Gasteiger partial charge in [-0.2, -0.15) is 56.2 Å². The van der Waals surface area contributed by atoms with E-state index in [-0.39, 0.29) is 104 Å². The number of β-amino-alcohol motifs (C(OH)–C–C–N with tert-alkyl or cyclic N) is 2. The number of hydrogen-bond acceptors (Lipinski definition) is 23. The van der Waals surface area contributed by atoms with Crippen LogP contribution in [0, 0.1) is 0 Å². The predicted molar refractivity (Wildman–Crippen MR) is 379 cm³/mol. The summed E-state index contributed by atoms with van der Waals surface area (Å²) in [6, 6.07) is 24.3. The highest BCUT2D eigenvalue weighted by molar-refractivity contribution is 9.09. The van der Waals surface area contributed by atoms with Crippen molar-refractivity contribution in [2.75, 3.05) is 106 Å². The first-order valence-corrected chi connectivity index (χ1v) is 34.9. The number of halogens is 8. The number of benzene rings is 4. The summed E-state index contributed by atoms with van der Waals surface area (Å²) in [6.45, 7) is 14.6. The molecule has 34 heteroatoms. The number of nitrogens with two attached hydrogens (primary N) is 1. The summed E-state index contributed by atoms with van der Waals surface area (Å²) in [4.78, 5) is 79.7. The molecule has 0 aliphatic carbocycles. The molecule has 2 fully saturated rings. The molecule has 2 saturated heterocycles. The van der Waals surface area contributed by atoms with Crippen LogP contribution >= 0.6 is 31.9 Å². The van der Waals surface area contributed by atoms with Crippen LogP contribution in [0.25, 0.3) is 0 Å². The van der Waals surface area contributed by atoms with Gasteiger partial charge < -0.3 is 70.6 Å². The maximum absolute atomic E-state index is 12.8. The lowest BCUT2D eigenvalue weighted by Crippen LogP contribution is -2.52. The highest BCUT2D eigenvalue weighted by Gasteiger charge is 2.32. The van der Waals surface area contributed by atoms with Crippen molar-refractivity contribution >= 4 is 67.7 Å². The smallest absolute Gasteiger partial charge is 0.422 e. The van der Waals surface area contributed by atoms with Gasteiger partial charge in [-0.25, -0.2) is 14.4 Å². The number of amides is 2. The molecule has 4 aromatic carbocycles. The van der Waals surface area contributed by atoms with E-state index in [1.807, 2.05) is 41.5 Å². The monoisotopic (exact) mass is 1580 g/mol. The van der Waals surface area contributed by atoms with Crippen molar-refractivity contribution in [3.8, 4) is 23.5 Å². The third-order valence-corrected chi connectivity index (χ3v) is 15.1. The first-order chi connectivity index (χ1) is 48.5. The van der Waals surface area contributed by atoms with E-state index in [2.05, 4.69) is 99.1 Å². The number of alkyl halides is 8. The molecule has 103 heavy (non-hydrogen) atoms. The molecule has 0 bridgehead atoms. The van der Waals surface area contributed by atoms with Gasteiger partial charge in [-0.3, -0.25) is 14.6 Å². The molecule has 26 nitrogen and oxygen atoms in total. The van der Waals surface area contributed by atoms with E-state index < -0.39 is 67.0 Å². The highest BCUT2D eigenvalue weighted by atomic mass is 79.9. The van der Waals surface area contributed by atoms with E-state index in [0.717, 1.165) is 34.9 Å². The number of aliphatic hydroxyl groups is 2. The number of hydrogen-bond donors (Lipinski definition) is 8. The number of Topliss-reactive ketones (excluding diaryl/α,β-unsaturated/α-hetero) is 1. The van der Waals surface area contributed by atoms with Crippen LogP contribution in [-0.4, -0.2) is 231 Å². The summed E-state index contributed by atoms with van der Waals surface area (Å²) in [5, 5.41) is 55.5. The lowest BCUT2D eigenvalue weighted by atomic mass is 10.0. The molecular weight excluding hydrogens is 1490 g/mol. The number of aliphatic hydroxyl groups excluding tert-OH is 2. The van der Waals surface area contributed by atoms with Crippen LogP contribution in [-0.2, 0) is 35.4 Å². The molecule has 2 aliphatic heterocycles. The Kier molecular flexibility index (Phi) is 34.4. The molecule has 2 amide bonds. The van der Waals surface area contributed by atoms with E-state index in [1.54, 1.807) is 70.5 Å². The largest absolute Gasteiger partial charge is 0.508 e. The number of allylic oxidation sites excluding steroid dienone is 2. The van der Waals surface area contributed by atoms with Crippen molar-refractivity contribution in [1.29, 1.82) is 0 Å². The fourth-order valence-corrected chi connectivity index (χ4v) is 9.80. The molecular formula is C69H89Br2F6N13O13. The van der Waals surface area contributed by atoms with E-state index in [9.17, 15) is 65.9 Å². The number of aromatic nitrogens is 6. The average Bonchev–Trinajstić information content (AvgIpc) is 0.853. The number of carboxylic acids is 1. The van der Waals surface area contributed by atoms with E-state index in [4.69, 9.17) is 25.1 Å². The number of carbonyl (C=O) groups excluding carboxylic acids is 3. The fourth-order valence-electron chi connectivity index (χ4n) is 9.27. The second-order valence-corrected chi connectivity index (χ2v) is 26.7. The zero-order valence-corrected chi connectivity index (χ0v) is 61.1. The average molecular weight is 1580 g/mol. The number of carboxylic acid groups (broad SMARTS) is 1. The summed E-state index contributed by atoms with van der Waals surface area (Å²) >= 11 is 6.49. The molecule has 0 spiro atoms. The Bertz CT molecular complexity index is 3600. The fraction of sp³-hybridized carbons (Fsp3) is 0.478. The van der Waals surface area contributed by atoms with E-state index in [0.29, 0.717) is 69.0 Å². The van der Waals surface area contributed by atoms with Gasteiger partial charge in [-0.05, 0) is 107 Å². The van der Waals surface area contributed by atoms with Gasteiger partial charge in [0.25, 0.3) is 0 Å². The van der Waals surface area contributed by atoms with E-state index >= 15 is 0 Å². The SMILES string of the molecule is BrC/C=C/CBr.CC(C)(C)OC(=O)N1CCN(CC(O)CCC(=O)c2ccc(Cc3nc(NCc4ccc(O)cc4)nc(OCC(F)(F)F)n3)cc2)CC1.CC(C)(C)OC(=O)N1CCN(CC(O)CN)CC1.O=C(O)c1ccc(Cc2nc(NCc3ccc(O)cc3)nc(OCC(F)(F)F)n2)cc1. The van der Waals surface area contributed by atoms with Gasteiger partial charge >= 0.3 is 42.5 Å². The number of phenols is 2. The normalized spacial score (nSPS) is 14.3. The summed E-state index contributed by atoms with van der Waals surface area (Å²) < 4.78 is 96.1. The number of piperazine rings is 2. The predicted octanol–water partition coefficient (Wildman–Crippen LogP) is 10.2. The Morgan fingerprint density at radius 2 is 0.893 bits per heavy atom. The lowest BCUT2D eigenvalue weighted by molar-refractivity contribution is -0.155. The van der Waals surface area contributed by atoms with Gasteiger partial charge in [0.1, 0.15) is 34.3 Å². The highest BCUT2D eigenvalue weighted by Crippen LogP contribution is 2.23. The summed E-state index contributed by atoms with van der Waals surface area (Å²) in [5.41, 5.74) is 7.83. The van der Waals surface area contributed by atoms with Crippen molar-refractivity contribution in [2.45, 2.75) is 116 Å². The van der Waals surface area contributed by atoms with Crippen molar-refractivity contribution in [3.05, 3.63) is 154 Å². The number of aromatic carboxylic acids is 1. The standard InChI is InChI=1S/C33H41F3N6O6.C20H17F3N4O4.C12H25N3O3.C4H6Br2/c1-32(2,3)48-31(46)42-16-14-41(15-17-42)20-26(44)12-13-27(45)24-8-4-22(5-9-24)18-28-38-29(37-19-23-6-10-25(43)11-7-23)40-30(39-28)47-21-33(34,35)36;21-20(22,23)11-31-19-26-16(9-12-1-5-14(6-2-12)17(29)30)25-18(27-19)24-10-13-3-7-15(28)8-4-13;1-12(2,3)18-11(17)15-6-4-14(5-7-15)9-10(16)8-13;5-3-1-2-4-6/h4-11,26,43-44H,12-21H2,1-3H3,(H,37,38,39,40);1-8,28H,9-11H2,(H,29,30)(H,24,25,26,27);10,16H,4-9,13H2,1-3H3;1-2H,3-4H2/b;;;2-1+. The molecule has 2 aromatic heterocycles. The molecule has 564 valence electrons. The van der Waals surface area contributed by atoms with Crippen LogP contribution in [0.2, 0.25) is 0 Å². The number of anilines is 2. The molecule has 2 aliphatic rings. The number of aromatic hydroxyl groups is 2. The van der Waals surface area contributed by atoms with Gasteiger partial charge in [0.2, 0.25) is 11.9 Å².